The number of sulfonamides is 1. The smallest absolute Gasteiger partial charge is 0.297 e. The maximum Gasteiger partial charge on any atom is 0.416 e. The van der Waals surface area contributed by atoms with E-state index in [4.69, 9.17) is 0 Å². The zero-order valence-electron chi connectivity index (χ0n) is 13.9. The summed E-state index contributed by atoms with van der Waals surface area (Å²) < 4.78 is 65.8. The van der Waals surface area contributed by atoms with E-state index in [2.05, 4.69) is 9.62 Å². The molecule has 2 aromatic rings. The molecule has 140 valence electrons. The first-order valence-electron chi connectivity index (χ1n) is 8.20. The summed E-state index contributed by atoms with van der Waals surface area (Å²) in [6, 6.07) is 13.3. The van der Waals surface area contributed by atoms with Crippen molar-refractivity contribution < 1.29 is 21.6 Å². The molecule has 4 nitrogen and oxygen atoms in total. The van der Waals surface area contributed by atoms with Crippen LogP contribution < -0.4 is 4.72 Å². The monoisotopic (exact) mass is 384 g/mol. The van der Waals surface area contributed by atoms with Crippen molar-refractivity contribution in [2.24, 2.45) is 0 Å². The maximum atomic E-state index is 12.8. The predicted molar refractivity (Wildman–Crippen MR) is 91.9 cm³/mol. The number of hydrogen-bond acceptors (Lipinski definition) is 3. The molecule has 0 aromatic heterocycles. The summed E-state index contributed by atoms with van der Waals surface area (Å²) in [6.07, 6.45) is -3.96. The van der Waals surface area contributed by atoms with Gasteiger partial charge in [0, 0.05) is 25.7 Å². The SMILES string of the molecule is O=S(=O)(NC1CCN(Cc2ccccc2)C1)c1cccc(C(F)(F)F)c1. The van der Waals surface area contributed by atoms with Crippen molar-refractivity contribution >= 4 is 10.0 Å². The number of benzene rings is 2. The summed E-state index contributed by atoms with van der Waals surface area (Å²) in [7, 11) is -4.00. The van der Waals surface area contributed by atoms with E-state index in [0.29, 0.717) is 25.6 Å². The average molecular weight is 384 g/mol. The highest BCUT2D eigenvalue weighted by Crippen LogP contribution is 2.30. The lowest BCUT2D eigenvalue weighted by molar-refractivity contribution is -0.137. The van der Waals surface area contributed by atoms with Crippen LogP contribution in [0.3, 0.4) is 0 Å². The Balaban J connectivity index is 1.65. The minimum absolute atomic E-state index is 0.321. The molecule has 3 rings (SSSR count). The highest BCUT2D eigenvalue weighted by molar-refractivity contribution is 7.89. The molecular formula is C18H19F3N2O2S. The van der Waals surface area contributed by atoms with Gasteiger partial charge in [0.05, 0.1) is 10.5 Å². The first kappa shape index (κ1) is 18.9. The van der Waals surface area contributed by atoms with E-state index in [9.17, 15) is 21.6 Å². The van der Waals surface area contributed by atoms with Crippen LogP contribution in [-0.2, 0) is 22.7 Å². The number of rotatable bonds is 5. The molecule has 1 atom stereocenters. The molecule has 1 heterocycles. The summed E-state index contributed by atoms with van der Waals surface area (Å²) in [5.74, 6) is 0. The predicted octanol–water partition coefficient (Wildman–Crippen LogP) is 3.26. The topological polar surface area (TPSA) is 49.4 Å². The van der Waals surface area contributed by atoms with Gasteiger partial charge in [-0.15, -0.1) is 0 Å². The highest BCUT2D eigenvalue weighted by Gasteiger charge is 2.32. The fourth-order valence-electron chi connectivity index (χ4n) is 3.04. The second-order valence-electron chi connectivity index (χ2n) is 6.35. The Kier molecular flexibility index (Phi) is 5.36. The molecule has 1 saturated heterocycles. The first-order valence-corrected chi connectivity index (χ1v) is 9.68. The van der Waals surface area contributed by atoms with Crippen LogP contribution in [-0.4, -0.2) is 32.4 Å². The molecule has 0 bridgehead atoms. The van der Waals surface area contributed by atoms with Gasteiger partial charge < -0.3 is 0 Å². The Morgan fingerprint density at radius 1 is 1.08 bits per heavy atom. The van der Waals surface area contributed by atoms with Crippen molar-refractivity contribution in [3.8, 4) is 0 Å². The maximum absolute atomic E-state index is 12.8. The van der Waals surface area contributed by atoms with Gasteiger partial charge in [-0.1, -0.05) is 36.4 Å². The molecule has 26 heavy (non-hydrogen) atoms. The van der Waals surface area contributed by atoms with Crippen LogP contribution >= 0.6 is 0 Å². The van der Waals surface area contributed by atoms with Gasteiger partial charge in [-0.25, -0.2) is 13.1 Å². The molecule has 1 aliphatic heterocycles. The van der Waals surface area contributed by atoms with Gasteiger partial charge >= 0.3 is 6.18 Å². The molecular weight excluding hydrogens is 365 g/mol. The fraction of sp³-hybridized carbons (Fsp3) is 0.333. The summed E-state index contributed by atoms with van der Waals surface area (Å²) in [6.45, 7) is 1.96. The molecule has 0 amide bonds. The van der Waals surface area contributed by atoms with Crippen LogP contribution in [0.4, 0.5) is 13.2 Å². The first-order chi connectivity index (χ1) is 12.2. The molecule has 1 aliphatic rings. The second-order valence-corrected chi connectivity index (χ2v) is 8.07. The Morgan fingerprint density at radius 3 is 2.50 bits per heavy atom. The normalized spacial score (nSPS) is 19.0. The van der Waals surface area contributed by atoms with Gasteiger partial charge in [0.1, 0.15) is 0 Å². The van der Waals surface area contributed by atoms with Crippen LogP contribution in [0.25, 0.3) is 0 Å². The van der Waals surface area contributed by atoms with Gasteiger partial charge in [0.15, 0.2) is 0 Å². The molecule has 0 aliphatic carbocycles. The number of halogens is 3. The van der Waals surface area contributed by atoms with Crippen molar-refractivity contribution in [3.63, 3.8) is 0 Å². The molecule has 0 saturated carbocycles. The number of nitrogens with one attached hydrogen (secondary N) is 1. The van der Waals surface area contributed by atoms with Gasteiger partial charge in [-0.3, -0.25) is 4.90 Å². The molecule has 0 radical (unpaired) electrons. The Bertz CT molecular complexity index is 854. The van der Waals surface area contributed by atoms with E-state index in [-0.39, 0.29) is 10.9 Å². The summed E-state index contributed by atoms with van der Waals surface area (Å²) >= 11 is 0. The van der Waals surface area contributed by atoms with Gasteiger partial charge in [-0.2, -0.15) is 13.2 Å². The molecule has 1 unspecified atom stereocenters. The Morgan fingerprint density at radius 2 is 1.81 bits per heavy atom. The van der Waals surface area contributed by atoms with Crippen LogP contribution in [0.2, 0.25) is 0 Å². The third kappa shape index (κ3) is 4.63. The van der Waals surface area contributed by atoms with Crippen molar-refractivity contribution in [3.05, 3.63) is 65.7 Å². The van der Waals surface area contributed by atoms with Crippen LogP contribution in [0.1, 0.15) is 17.5 Å². The summed E-state index contributed by atoms with van der Waals surface area (Å²) in [5.41, 5.74) is 0.159. The lowest BCUT2D eigenvalue weighted by atomic mass is 10.2. The highest BCUT2D eigenvalue weighted by atomic mass is 32.2. The van der Waals surface area contributed by atoms with E-state index < -0.39 is 21.8 Å². The molecule has 8 heteroatoms. The third-order valence-corrected chi connectivity index (χ3v) is 5.83. The molecule has 0 spiro atoms. The van der Waals surface area contributed by atoms with Crippen molar-refractivity contribution in [2.45, 2.75) is 30.1 Å². The van der Waals surface area contributed by atoms with Crippen molar-refractivity contribution in [1.29, 1.82) is 0 Å². The van der Waals surface area contributed by atoms with E-state index in [1.807, 2.05) is 30.3 Å². The quantitative estimate of drug-likeness (QED) is 0.861. The molecule has 1 N–H and O–H groups in total. The van der Waals surface area contributed by atoms with E-state index in [1.54, 1.807) is 0 Å². The van der Waals surface area contributed by atoms with E-state index in [1.165, 1.54) is 6.07 Å². The van der Waals surface area contributed by atoms with Gasteiger partial charge in [0.2, 0.25) is 10.0 Å². The largest absolute Gasteiger partial charge is 0.416 e. The zero-order chi connectivity index (χ0) is 18.8. The average Bonchev–Trinajstić information content (AvgIpc) is 3.01. The number of hydrogen-bond donors (Lipinski definition) is 1. The lowest BCUT2D eigenvalue weighted by Crippen LogP contribution is -2.37. The molecule has 2 aromatic carbocycles. The molecule has 1 fully saturated rings. The Hall–Kier alpha value is -1.90. The number of likely N-dealkylation sites (tertiary alicyclic amines) is 1. The Labute approximate surface area is 150 Å². The standard InChI is InChI=1S/C18H19F3N2O2S/c19-18(20,21)15-7-4-8-17(11-15)26(24,25)22-16-9-10-23(13-16)12-14-5-2-1-3-6-14/h1-8,11,16,22H,9-10,12-13H2. The summed E-state index contributed by atoms with van der Waals surface area (Å²) in [5, 5.41) is 0. The van der Waals surface area contributed by atoms with E-state index >= 15 is 0 Å². The second kappa shape index (κ2) is 7.38. The summed E-state index contributed by atoms with van der Waals surface area (Å²) in [4.78, 5) is 1.75. The van der Waals surface area contributed by atoms with Gasteiger partial charge in [0.25, 0.3) is 0 Å². The van der Waals surface area contributed by atoms with Crippen LogP contribution in [0.5, 0.6) is 0 Å². The minimum Gasteiger partial charge on any atom is -0.297 e. The van der Waals surface area contributed by atoms with Crippen LogP contribution in [0, 0.1) is 0 Å². The minimum atomic E-state index is -4.58. The zero-order valence-corrected chi connectivity index (χ0v) is 14.7. The van der Waals surface area contributed by atoms with Gasteiger partial charge in [-0.05, 0) is 30.2 Å². The van der Waals surface area contributed by atoms with Crippen molar-refractivity contribution in [1.82, 2.24) is 9.62 Å². The number of nitrogens with zero attached hydrogens (tertiary/aromatic N) is 1. The van der Waals surface area contributed by atoms with Crippen molar-refractivity contribution in [2.75, 3.05) is 13.1 Å². The third-order valence-electron chi connectivity index (χ3n) is 4.31. The van der Waals surface area contributed by atoms with E-state index in [0.717, 1.165) is 24.2 Å². The van der Waals surface area contributed by atoms with Crippen LogP contribution in [0.15, 0.2) is 59.5 Å². The number of alkyl halides is 3. The lowest BCUT2D eigenvalue weighted by Gasteiger charge is -2.17. The fourth-order valence-corrected chi connectivity index (χ4v) is 4.35.